The molecule has 1 atom stereocenters. The zero-order valence-electron chi connectivity index (χ0n) is 8.78. The van der Waals surface area contributed by atoms with Gasteiger partial charge in [0.05, 0.1) is 0 Å². The molecule has 1 unspecified atom stereocenters. The predicted octanol–water partition coefficient (Wildman–Crippen LogP) is 1.19. The Hall–Kier alpha value is -1.22. The monoisotopic (exact) mass is 204 g/mol. The van der Waals surface area contributed by atoms with E-state index in [1.54, 1.807) is 12.4 Å². The van der Waals surface area contributed by atoms with E-state index in [0.717, 1.165) is 25.1 Å². The van der Waals surface area contributed by atoms with Crippen molar-refractivity contribution in [2.75, 3.05) is 13.1 Å². The average Bonchev–Trinajstić information content (AvgIpc) is 2.71. The molecule has 1 aliphatic rings. The average molecular weight is 204 g/mol. The molecular formula is C12H16N2O. The van der Waals surface area contributed by atoms with Gasteiger partial charge in [0.15, 0.2) is 0 Å². The van der Waals surface area contributed by atoms with E-state index in [1.165, 1.54) is 0 Å². The van der Waals surface area contributed by atoms with Crippen LogP contribution in [0.2, 0.25) is 0 Å². The molecule has 0 bridgehead atoms. The molecule has 0 amide bonds. The van der Waals surface area contributed by atoms with Crippen molar-refractivity contribution in [1.82, 2.24) is 10.3 Å². The van der Waals surface area contributed by atoms with Gasteiger partial charge < -0.3 is 5.32 Å². The highest BCUT2D eigenvalue weighted by Crippen LogP contribution is 2.13. The second-order valence-corrected chi connectivity index (χ2v) is 4.14. The van der Waals surface area contributed by atoms with Crippen LogP contribution in [-0.2, 0) is 11.2 Å². The standard InChI is InChI=1S/C12H16N2O/c15-12(7-11-3-5-14-9-11)6-10-2-1-4-13-8-10/h1-2,4,8,11,14H,3,5-7,9H2. The first-order valence-electron chi connectivity index (χ1n) is 5.46. The molecular weight excluding hydrogens is 188 g/mol. The number of nitrogens with one attached hydrogen (secondary N) is 1. The van der Waals surface area contributed by atoms with E-state index in [4.69, 9.17) is 0 Å². The molecule has 1 aromatic rings. The topological polar surface area (TPSA) is 42.0 Å². The summed E-state index contributed by atoms with van der Waals surface area (Å²) in [4.78, 5) is 15.7. The molecule has 2 rings (SSSR count). The molecule has 15 heavy (non-hydrogen) atoms. The highest BCUT2D eigenvalue weighted by atomic mass is 16.1. The molecule has 1 saturated heterocycles. The first-order chi connectivity index (χ1) is 7.34. The number of pyridine rings is 1. The van der Waals surface area contributed by atoms with E-state index >= 15 is 0 Å². The number of hydrogen-bond donors (Lipinski definition) is 1. The van der Waals surface area contributed by atoms with E-state index in [-0.39, 0.29) is 0 Å². The van der Waals surface area contributed by atoms with Crippen LogP contribution in [0, 0.1) is 5.92 Å². The third-order valence-corrected chi connectivity index (χ3v) is 2.80. The molecule has 0 aliphatic carbocycles. The maximum atomic E-state index is 11.7. The second-order valence-electron chi connectivity index (χ2n) is 4.14. The molecule has 3 nitrogen and oxygen atoms in total. The molecule has 0 aromatic carbocycles. The highest BCUT2D eigenvalue weighted by Gasteiger charge is 2.17. The molecule has 3 heteroatoms. The number of ketones is 1. The van der Waals surface area contributed by atoms with Crippen molar-refractivity contribution >= 4 is 5.78 Å². The number of hydrogen-bond acceptors (Lipinski definition) is 3. The van der Waals surface area contributed by atoms with Crippen LogP contribution in [0.4, 0.5) is 0 Å². The Morgan fingerprint density at radius 1 is 1.60 bits per heavy atom. The van der Waals surface area contributed by atoms with Gasteiger partial charge in [-0.25, -0.2) is 0 Å². The maximum Gasteiger partial charge on any atom is 0.137 e. The van der Waals surface area contributed by atoms with E-state index in [9.17, 15) is 4.79 Å². The van der Waals surface area contributed by atoms with Crippen molar-refractivity contribution in [2.24, 2.45) is 5.92 Å². The van der Waals surface area contributed by atoms with E-state index in [0.29, 0.717) is 24.5 Å². The minimum Gasteiger partial charge on any atom is -0.316 e. The van der Waals surface area contributed by atoms with E-state index in [2.05, 4.69) is 10.3 Å². The summed E-state index contributed by atoms with van der Waals surface area (Å²) >= 11 is 0. The molecule has 0 saturated carbocycles. The Kier molecular flexibility index (Phi) is 3.45. The Labute approximate surface area is 89.9 Å². The summed E-state index contributed by atoms with van der Waals surface area (Å²) < 4.78 is 0. The van der Waals surface area contributed by atoms with Crippen LogP contribution in [-0.4, -0.2) is 23.9 Å². The summed E-state index contributed by atoms with van der Waals surface area (Å²) in [5.74, 6) is 0.880. The first-order valence-corrected chi connectivity index (χ1v) is 5.46. The quantitative estimate of drug-likeness (QED) is 0.801. The Bertz CT molecular complexity index is 318. The largest absolute Gasteiger partial charge is 0.316 e. The van der Waals surface area contributed by atoms with E-state index < -0.39 is 0 Å². The molecule has 1 N–H and O–H groups in total. The lowest BCUT2D eigenvalue weighted by atomic mass is 9.98. The number of nitrogens with zero attached hydrogens (tertiary/aromatic N) is 1. The van der Waals surface area contributed by atoms with Crippen LogP contribution in [0.5, 0.6) is 0 Å². The van der Waals surface area contributed by atoms with Crippen molar-refractivity contribution in [3.63, 3.8) is 0 Å². The SMILES string of the molecule is O=C(Cc1cccnc1)CC1CCNC1. The molecule has 0 spiro atoms. The van der Waals surface area contributed by atoms with Crippen LogP contribution in [0.25, 0.3) is 0 Å². The fraction of sp³-hybridized carbons (Fsp3) is 0.500. The van der Waals surface area contributed by atoms with Gasteiger partial charge in [0, 0.05) is 25.2 Å². The Morgan fingerprint density at radius 3 is 3.20 bits per heavy atom. The summed E-state index contributed by atoms with van der Waals surface area (Å²) in [5.41, 5.74) is 1.02. The van der Waals surface area contributed by atoms with Crippen molar-refractivity contribution in [1.29, 1.82) is 0 Å². The summed E-state index contributed by atoms with van der Waals surface area (Å²) in [6.07, 6.45) is 5.88. The van der Waals surface area contributed by atoms with Crippen molar-refractivity contribution in [3.8, 4) is 0 Å². The molecule has 1 aliphatic heterocycles. The molecule has 0 radical (unpaired) electrons. The molecule has 1 fully saturated rings. The summed E-state index contributed by atoms with van der Waals surface area (Å²) in [7, 11) is 0. The summed E-state index contributed by atoms with van der Waals surface area (Å²) in [5, 5.41) is 3.28. The zero-order valence-corrected chi connectivity index (χ0v) is 8.78. The molecule has 2 heterocycles. The van der Waals surface area contributed by atoms with Crippen LogP contribution >= 0.6 is 0 Å². The lowest BCUT2D eigenvalue weighted by Crippen LogP contribution is -2.14. The van der Waals surface area contributed by atoms with Crippen molar-refractivity contribution in [3.05, 3.63) is 30.1 Å². The Morgan fingerprint density at radius 2 is 2.53 bits per heavy atom. The van der Waals surface area contributed by atoms with Gasteiger partial charge in [-0.05, 0) is 37.1 Å². The summed E-state index contributed by atoms with van der Waals surface area (Å²) in [6, 6.07) is 3.83. The van der Waals surface area contributed by atoms with Crippen LogP contribution in [0.15, 0.2) is 24.5 Å². The number of carbonyl (C=O) groups excluding carboxylic acids is 1. The van der Waals surface area contributed by atoms with Gasteiger partial charge >= 0.3 is 0 Å². The Balaban J connectivity index is 1.82. The lowest BCUT2D eigenvalue weighted by Gasteiger charge is -2.06. The summed E-state index contributed by atoms with van der Waals surface area (Å²) in [6.45, 7) is 2.06. The van der Waals surface area contributed by atoms with Gasteiger partial charge in [0.2, 0.25) is 0 Å². The lowest BCUT2D eigenvalue weighted by molar-refractivity contribution is -0.119. The molecule has 1 aromatic heterocycles. The normalized spacial score (nSPS) is 20.4. The zero-order chi connectivity index (χ0) is 10.5. The van der Waals surface area contributed by atoms with Crippen LogP contribution in [0.3, 0.4) is 0 Å². The van der Waals surface area contributed by atoms with Gasteiger partial charge in [-0.2, -0.15) is 0 Å². The van der Waals surface area contributed by atoms with Gasteiger partial charge in [-0.3, -0.25) is 9.78 Å². The number of rotatable bonds is 4. The molecule has 80 valence electrons. The smallest absolute Gasteiger partial charge is 0.137 e. The van der Waals surface area contributed by atoms with Gasteiger partial charge in [-0.15, -0.1) is 0 Å². The van der Waals surface area contributed by atoms with Crippen LogP contribution < -0.4 is 5.32 Å². The van der Waals surface area contributed by atoms with E-state index in [1.807, 2.05) is 12.1 Å². The second kappa shape index (κ2) is 5.03. The third kappa shape index (κ3) is 3.13. The predicted molar refractivity (Wildman–Crippen MR) is 58.5 cm³/mol. The number of aromatic nitrogens is 1. The fourth-order valence-corrected chi connectivity index (χ4v) is 2.01. The van der Waals surface area contributed by atoms with Crippen molar-refractivity contribution in [2.45, 2.75) is 19.3 Å². The third-order valence-electron chi connectivity index (χ3n) is 2.80. The number of Topliss-reactive ketones (excluding diaryl/α,β-unsaturated/α-hetero) is 1. The first kappa shape index (κ1) is 10.3. The highest BCUT2D eigenvalue weighted by molar-refractivity contribution is 5.81. The minimum atomic E-state index is 0.330. The van der Waals surface area contributed by atoms with Gasteiger partial charge in [0.25, 0.3) is 0 Å². The van der Waals surface area contributed by atoms with Crippen molar-refractivity contribution < 1.29 is 4.79 Å². The van der Waals surface area contributed by atoms with Gasteiger partial charge in [-0.1, -0.05) is 6.07 Å². The van der Waals surface area contributed by atoms with Crippen LogP contribution in [0.1, 0.15) is 18.4 Å². The minimum absolute atomic E-state index is 0.330. The van der Waals surface area contributed by atoms with Gasteiger partial charge in [0.1, 0.15) is 5.78 Å². The maximum absolute atomic E-state index is 11.7. The fourth-order valence-electron chi connectivity index (χ4n) is 2.01. The number of carbonyl (C=O) groups is 1.